The standard InChI is InChI=1S/C11H15N3/c1-11(2,3)9-6-5-8-10(13-9)12-7-14(8)4/h5-7H,1-4H3. The van der Waals surface area contributed by atoms with Gasteiger partial charge in [-0.3, -0.25) is 0 Å². The second-order valence-electron chi connectivity index (χ2n) is 4.64. The fraction of sp³-hybridized carbons (Fsp3) is 0.455. The van der Waals surface area contributed by atoms with E-state index < -0.39 is 0 Å². The minimum Gasteiger partial charge on any atom is -0.332 e. The molecule has 0 saturated carbocycles. The van der Waals surface area contributed by atoms with E-state index in [4.69, 9.17) is 0 Å². The lowest BCUT2D eigenvalue weighted by atomic mass is 9.92. The molecule has 0 bridgehead atoms. The third kappa shape index (κ3) is 1.39. The number of nitrogens with zero attached hydrogens (tertiary/aromatic N) is 3. The first kappa shape index (κ1) is 9.19. The topological polar surface area (TPSA) is 30.7 Å². The van der Waals surface area contributed by atoms with Crippen LogP contribution in [-0.4, -0.2) is 14.5 Å². The summed E-state index contributed by atoms with van der Waals surface area (Å²) in [6.07, 6.45) is 1.80. The van der Waals surface area contributed by atoms with Crippen molar-refractivity contribution >= 4 is 11.2 Å². The molecular weight excluding hydrogens is 174 g/mol. The summed E-state index contributed by atoms with van der Waals surface area (Å²) in [6, 6.07) is 4.15. The lowest BCUT2D eigenvalue weighted by molar-refractivity contribution is 0.571. The summed E-state index contributed by atoms with van der Waals surface area (Å²) >= 11 is 0. The number of hydrogen-bond donors (Lipinski definition) is 0. The molecule has 0 saturated heterocycles. The highest BCUT2D eigenvalue weighted by Gasteiger charge is 2.16. The van der Waals surface area contributed by atoms with Crippen LogP contribution in [0.3, 0.4) is 0 Å². The number of rotatable bonds is 0. The molecule has 0 atom stereocenters. The minimum atomic E-state index is 0.0890. The molecule has 0 amide bonds. The van der Waals surface area contributed by atoms with E-state index in [1.54, 1.807) is 6.33 Å². The lowest BCUT2D eigenvalue weighted by Gasteiger charge is -2.16. The molecule has 3 nitrogen and oxygen atoms in total. The Morgan fingerprint density at radius 2 is 1.93 bits per heavy atom. The fourth-order valence-electron chi connectivity index (χ4n) is 1.43. The van der Waals surface area contributed by atoms with Gasteiger partial charge >= 0.3 is 0 Å². The average Bonchev–Trinajstić information content (AvgIpc) is 2.46. The number of hydrogen-bond acceptors (Lipinski definition) is 2. The smallest absolute Gasteiger partial charge is 0.177 e. The molecule has 3 heteroatoms. The summed E-state index contributed by atoms with van der Waals surface area (Å²) in [5, 5.41) is 0. The average molecular weight is 189 g/mol. The fourth-order valence-corrected chi connectivity index (χ4v) is 1.43. The summed E-state index contributed by atoms with van der Waals surface area (Å²) in [6.45, 7) is 6.47. The van der Waals surface area contributed by atoms with Gasteiger partial charge in [0, 0.05) is 18.2 Å². The molecule has 0 N–H and O–H groups in total. The van der Waals surface area contributed by atoms with Crippen LogP contribution in [0.5, 0.6) is 0 Å². The summed E-state index contributed by atoms with van der Waals surface area (Å²) in [5.41, 5.74) is 3.09. The zero-order chi connectivity index (χ0) is 10.3. The zero-order valence-electron chi connectivity index (χ0n) is 9.07. The Morgan fingerprint density at radius 1 is 1.21 bits per heavy atom. The molecule has 0 aliphatic heterocycles. The minimum absolute atomic E-state index is 0.0890. The summed E-state index contributed by atoms with van der Waals surface area (Å²) in [4.78, 5) is 8.78. The van der Waals surface area contributed by atoms with Crippen LogP contribution in [0.1, 0.15) is 26.5 Å². The van der Waals surface area contributed by atoms with Gasteiger partial charge in [0.2, 0.25) is 0 Å². The molecule has 0 spiro atoms. The van der Waals surface area contributed by atoms with Crippen LogP contribution in [0.15, 0.2) is 18.5 Å². The Bertz CT molecular complexity index is 463. The molecule has 2 aromatic heterocycles. The Labute approximate surface area is 83.8 Å². The number of pyridine rings is 1. The first-order valence-electron chi connectivity index (χ1n) is 4.77. The molecule has 2 rings (SSSR count). The largest absolute Gasteiger partial charge is 0.332 e. The molecule has 0 aliphatic rings. The lowest BCUT2D eigenvalue weighted by Crippen LogP contribution is -2.13. The van der Waals surface area contributed by atoms with Crippen molar-refractivity contribution in [1.82, 2.24) is 14.5 Å². The first-order valence-corrected chi connectivity index (χ1v) is 4.77. The van der Waals surface area contributed by atoms with Crippen molar-refractivity contribution in [2.24, 2.45) is 7.05 Å². The Kier molecular flexibility index (Phi) is 1.84. The van der Waals surface area contributed by atoms with Gasteiger partial charge < -0.3 is 4.57 Å². The van der Waals surface area contributed by atoms with Gasteiger partial charge in [0.1, 0.15) is 0 Å². The van der Waals surface area contributed by atoms with Crippen LogP contribution in [0.4, 0.5) is 0 Å². The molecular formula is C11H15N3. The van der Waals surface area contributed by atoms with Crippen LogP contribution < -0.4 is 0 Å². The number of aromatic nitrogens is 3. The van der Waals surface area contributed by atoms with Crippen molar-refractivity contribution in [3.05, 3.63) is 24.2 Å². The van der Waals surface area contributed by atoms with Gasteiger partial charge in [0.05, 0.1) is 11.8 Å². The predicted molar refractivity (Wildman–Crippen MR) is 57.2 cm³/mol. The van der Waals surface area contributed by atoms with Gasteiger partial charge in [-0.25, -0.2) is 9.97 Å². The Hall–Kier alpha value is -1.38. The van der Waals surface area contributed by atoms with Crippen LogP contribution in [-0.2, 0) is 12.5 Å². The first-order chi connectivity index (χ1) is 6.48. The molecule has 0 radical (unpaired) electrons. The van der Waals surface area contributed by atoms with E-state index in [0.717, 1.165) is 16.9 Å². The van der Waals surface area contributed by atoms with E-state index >= 15 is 0 Å². The van der Waals surface area contributed by atoms with E-state index in [1.807, 2.05) is 11.6 Å². The van der Waals surface area contributed by atoms with Gasteiger partial charge in [-0.05, 0) is 12.1 Å². The van der Waals surface area contributed by atoms with Gasteiger partial charge in [0.25, 0.3) is 0 Å². The molecule has 2 heterocycles. The molecule has 0 aromatic carbocycles. The predicted octanol–water partition coefficient (Wildman–Crippen LogP) is 2.27. The number of imidazole rings is 1. The molecule has 0 fully saturated rings. The van der Waals surface area contributed by atoms with Crippen molar-refractivity contribution in [3.8, 4) is 0 Å². The van der Waals surface area contributed by atoms with Crippen LogP contribution >= 0.6 is 0 Å². The highest BCUT2D eigenvalue weighted by molar-refractivity contribution is 5.70. The number of aryl methyl sites for hydroxylation is 1. The molecule has 14 heavy (non-hydrogen) atoms. The van der Waals surface area contributed by atoms with Crippen molar-refractivity contribution in [3.63, 3.8) is 0 Å². The maximum atomic E-state index is 4.54. The van der Waals surface area contributed by atoms with Crippen molar-refractivity contribution in [2.75, 3.05) is 0 Å². The van der Waals surface area contributed by atoms with Crippen LogP contribution in [0, 0.1) is 0 Å². The van der Waals surface area contributed by atoms with Gasteiger partial charge in [-0.2, -0.15) is 0 Å². The molecule has 0 unspecified atom stereocenters. The third-order valence-electron chi connectivity index (χ3n) is 2.36. The summed E-state index contributed by atoms with van der Waals surface area (Å²) in [5.74, 6) is 0. The van der Waals surface area contributed by atoms with Crippen LogP contribution in [0.2, 0.25) is 0 Å². The van der Waals surface area contributed by atoms with Gasteiger partial charge in [-0.1, -0.05) is 20.8 Å². The van der Waals surface area contributed by atoms with Gasteiger partial charge in [0.15, 0.2) is 5.65 Å². The highest BCUT2D eigenvalue weighted by atomic mass is 15.1. The maximum absolute atomic E-state index is 4.54. The van der Waals surface area contributed by atoms with Crippen LogP contribution in [0.25, 0.3) is 11.2 Å². The van der Waals surface area contributed by atoms with E-state index in [0.29, 0.717) is 0 Å². The van der Waals surface area contributed by atoms with Crippen molar-refractivity contribution in [2.45, 2.75) is 26.2 Å². The molecule has 0 aliphatic carbocycles. The third-order valence-corrected chi connectivity index (χ3v) is 2.36. The number of fused-ring (bicyclic) bond motifs is 1. The molecule has 74 valence electrons. The van der Waals surface area contributed by atoms with Crippen molar-refractivity contribution in [1.29, 1.82) is 0 Å². The van der Waals surface area contributed by atoms with E-state index in [-0.39, 0.29) is 5.41 Å². The Balaban J connectivity index is 2.63. The van der Waals surface area contributed by atoms with E-state index in [9.17, 15) is 0 Å². The van der Waals surface area contributed by atoms with Gasteiger partial charge in [-0.15, -0.1) is 0 Å². The zero-order valence-corrected chi connectivity index (χ0v) is 9.07. The SMILES string of the molecule is Cn1cnc2nc(C(C)(C)C)ccc21. The molecule has 2 aromatic rings. The quantitative estimate of drug-likeness (QED) is 0.636. The monoisotopic (exact) mass is 189 g/mol. The summed E-state index contributed by atoms with van der Waals surface area (Å²) < 4.78 is 1.98. The maximum Gasteiger partial charge on any atom is 0.177 e. The highest BCUT2D eigenvalue weighted by Crippen LogP contribution is 2.21. The summed E-state index contributed by atoms with van der Waals surface area (Å²) in [7, 11) is 1.98. The second-order valence-corrected chi connectivity index (χ2v) is 4.64. The Morgan fingerprint density at radius 3 is 2.57 bits per heavy atom. The van der Waals surface area contributed by atoms with Crippen molar-refractivity contribution < 1.29 is 0 Å². The normalized spacial score (nSPS) is 12.3. The second kappa shape index (κ2) is 2.80. The van der Waals surface area contributed by atoms with E-state index in [2.05, 4.69) is 42.9 Å². The van der Waals surface area contributed by atoms with E-state index in [1.165, 1.54) is 0 Å².